The molecule has 1 aromatic heterocycles. The quantitative estimate of drug-likeness (QED) is 0.616. The van der Waals surface area contributed by atoms with E-state index in [0.717, 1.165) is 0 Å². The maximum absolute atomic E-state index is 13.7. The predicted molar refractivity (Wildman–Crippen MR) is 58.7 cm³/mol. The monoisotopic (exact) mass is 325 g/mol. The molecular weight excluding hydrogens is 311 g/mol. The average molecular weight is 324 g/mol. The molecule has 0 aliphatic heterocycles. The molecule has 78 valence electrons. The van der Waals surface area contributed by atoms with Gasteiger partial charge >= 0.3 is 92.5 Å². The van der Waals surface area contributed by atoms with Gasteiger partial charge in [0.15, 0.2) is 0 Å². The summed E-state index contributed by atoms with van der Waals surface area (Å²) in [6.07, 6.45) is 1.49. The Morgan fingerprint density at radius 1 is 1.43 bits per heavy atom. The van der Waals surface area contributed by atoms with E-state index in [0.29, 0.717) is 9.33 Å². The van der Waals surface area contributed by atoms with E-state index < -0.39 is 24.2 Å². The van der Waals surface area contributed by atoms with E-state index in [1.54, 1.807) is 0 Å². The van der Waals surface area contributed by atoms with Crippen molar-refractivity contribution in [1.29, 1.82) is 0 Å². The summed E-state index contributed by atoms with van der Waals surface area (Å²) in [5.41, 5.74) is 0. The van der Waals surface area contributed by atoms with Gasteiger partial charge in [0.1, 0.15) is 0 Å². The van der Waals surface area contributed by atoms with E-state index in [9.17, 15) is 4.39 Å². The summed E-state index contributed by atoms with van der Waals surface area (Å²) in [5.74, 6) is 0.115. The second-order valence-electron chi connectivity index (χ2n) is 4.06. The minimum atomic E-state index is -2.54. The summed E-state index contributed by atoms with van der Waals surface area (Å²) in [5, 5.41) is -0.0626. The Morgan fingerprint density at radius 3 is 2.43 bits per heavy atom. The molecule has 0 aliphatic carbocycles. The van der Waals surface area contributed by atoms with Gasteiger partial charge in [-0.2, -0.15) is 0 Å². The Kier molecular flexibility index (Phi) is 3.63. The number of methoxy groups -OCH3 is 1. The van der Waals surface area contributed by atoms with Crippen LogP contribution >= 0.6 is 11.6 Å². The number of halogens is 2. The number of pyridine rings is 1. The van der Waals surface area contributed by atoms with Crippen LogP contribution in [0.4, 0.5) is 4.39 Å². The Labute approximate surface area is 92.3 Å². The first-order valence-electron chi connectivity index (χ1n) is 4.26. The molecule has 0 saturated heterocycles. The molecular formula is C9H13ClFNOSn. The number of rotatable bonds is 2. The third-order valence-corrected chi connectivity index (χ3v) is 7.79. The predicted octanol–water partition coefficient (Wildman–Crippen LogP) is 2.43. The second kappa shape index (κ2) is 4.23. The van der Waals surface area contributed by atoms with Crippen LogP contribution in [0.3, 0.4) is 0 Å². The first kappa shape index (κ1) is 12.0. The Hall–Kier alpha value is -0.0313. The summed E-state index contributed by atoms with van der Waals surface area (Å²) in [4.78, 5) is 10.0. The summed E-state index contributed by atoms with van der Waals surface area (Å²) >= 11 is 3.10. The van der Waals surface area contributed by atoms with Crippen LogP contribution in [0.5, 0.6) is 5.75 Å². The molecule has 0 radical (unpaired) electrons. The standard InChI is InChI=1S/C6H4ClFNO.3CH3.Sn/c1-10-4-2-5(8)6(7)9-3-4;;;;/h3H,1H3;3*1H3;. The number of ether oxygens (including phenoxy) is 1. The molecule has 0 saturated carbocycles. The summed E-state index contributed by atoms with van der Waals surface area (Å²) in [7, 11) is 1.52. The minimum absolute atomic E-state index is 0.0626. The van der Waals surface area contributed by atoms with Gasteiger partial charge in [-0.15, -0.1) is 0 Å². The van der Waals surface area contributed by atoms with Gasteiger partial charge < -0.3 is 0 Å². The molecule has 0 unspecified atom stereocenters. The maximum atomic E-state index is 13.7. The van der Waals surface area contributed by atoms with E-state index in [1.807, 2.05) is 0 Å². The molecule has 2 nitrogen and oxygen atoms in total. The van der Waals surface area contributed by atoms with Gasteiger partial charge in [0.05, 0.1) is 0 Å². The van der Waals surface area contributed by atoms with E-state index in [-0.39, 0.29) is 5.15 Å². The molecule has 0 bridgehead atoms. The van der Waals surface area contributed by atoms with Gasteiger partial charge in [-0.25, -0.2) is 0 Å². The summed E-state index contributed by atoms with van der Waals surface area (Å²) in [6, 6.07) is 0. The molecule has 0 atom stereocenters. The van der Waals surface area contributed by atoms with Crippen LogP contribution in [-0.2, 0) is 0 Å². The van der Waals surface area contributed by atoms with E-state index in [2.05, 4.69) is 19.8 Å². The fraction of sp³-hybridized carbons (Fsp3) is 0.444. The van der Waals surface area contributed by atoms with Crippen LogP contribution in [0.25, 0.3) is 0 Å². The van der Waals surface area contributed by atoms with Gasteiger partial charge in [0, 0.05) is 0 Å². The average Bonchev–Trinajstić information content (AvgIpc) is 2.07. The van der Waals surface area contributed by atoms with Crippen molar-refractivity contribution in [3.63, 3.8) is 0 Å². The van der Waals surface area contributed by atoms with Crippen LogP contribution in [0.15, 0.2) is 6.20 Å². The van der Waals surface area contributed by atoms with E-state index in [4.69, 9.17) is 16.3 Å². The Bertz CT molecular complexity index is 351. The van der Waals surface area contributed by atoms with Crippen molar-refractivity contribution >= 4 is 33.6 Å². The van der Waals surface area contributed by atoms with Crippen molar-refractivity contribution in [3.05, 3.63) is 17.2 Å². The SMILES string of the molecule is COc1cnc(Cl)c(F)[c]1[Sn]([CH3])([CH3])[CH3]. The summed E-state index contributed by atoms with van der Waals surface area (Å²) < 4.78 is 19.5. The van der Waals surface area contributed by atoms with Crippen molar-refractivity contribution in [1.82, 2.24) is 4.98 Å². The molecule has 0 N–H and O–H groups in total. The fourth-order valence-electron chi connectivity index (χ4n) is 1.30. The molecule has 0 spiro atoms. The van der Waals surface area contributed by atoms with Crippen LogP contribution in [-0.4, -0.2) is 30.5 Å². The number of nitrogens with zero attached hydrogens (tertiary/aromatic N) is 1. The molecule has 0 aromatic carbocycles. The molecule has 1 rings (SSSR count). The first-order chi connectivity index (χ1) is 6.38. The van der Waals surface area contributed by atoms with Crippen molar-refractivity contribution in [2.45, 2.75) is 14.8 Å². The van der Waals surface area contributed by atoms with E-state index >= 15 is 0 Å². The molecule has 0 aliphatic rings. The van der Waals surface area contributed by atoms with Crippen molar-refractivity contribution in [3.8, 4) is 5.75 Å². The summed E-state index contributed by atoms with van der Waals surface area (Å²) in [6.45, 7) is 0. The van der Waals surface area contributed by atoms with Gasteiger partial charge in [-0.1, -0.05) is 0 Å². The third-order valence-electron chi connectivity index (χ3n) is 1.91. The van der Waals surface area contributed by atoms with Gasteiger partial charge in [-0.3, -0.25) is 0 Å². The fourth-order valence-corrected chi connectivity index (χ4v) is 6.47. The molecule has 5 heteroatoms. The molecule has 1 heterocycles. The van der Waals surface area contributed by atoms with Gasteiger partial charge in [0.25, 0.3) is 0 Å². The number of hydrogen-bond donors (Lipinski definition) is 0. The number of aromatic nitrogens is 1. The van der Waals surface area contributed by atoms with Gasteiger partial charge in [0.2, 0.25) is 0 Å². The van der Waals surface area contributed by atoms with Gasteiger partial charge in [-0.05, 0) is 0 Å². The van der Waals surface area contributed by atoms with Crippen LogP contribution in [0.1, 0.15) is 0 Å². The van der Waals surface area contributed by atoms with Crippen LogP contribution in [0, 0.1) is 5.82 Å². The zero-order valence-electron chi connectivity index (χ0n) is 8.69. The van der Waals surface area contributed by atoms with E-state index in [1.165, 1.54) is 13.3 Å². The topological polar surface area (TPSA) is 22.1 Å². The molecule has 0 fully saturated rings. The molecule has 14 heavy (non-hydrogen) atoms. The third kappa shape index (κ3) is 2.31. The first-order valence-corrected chi connectivity index (χ1v) is 14.6. The van der Waals surface area contributed by atoms with Crippen molar-refractivity contribution in [2.24, 2.45) is 0 Å². The zero-order valence-corrected chi connectivity index (χ0v) is 12.3. The number of hydrogen-bond acceptors (Lipinski definition) is 2. The van der Waals surface area contributed by atoms with Crippen LogP contribution in [0.2, 0.25) is 20.0 Å². The Balaban J connectivity index is 3.44. The van der Waals surface area contributed by atoms with Crippen molar-refractivity contribution < 1.29 is 9.13 Å². The molecule has 1 aromatic rings. The second-order valence-corrected chi connectivity index (χ2v) is 18.7. The van der Waals surface area contributed by atoms with Crippen LogP contribution < -0.4 is 8.32 Å². The normalized spacial score (nSPS) is 11.6. The Morgan fingerprint density at radius 2 is 2.00 bits per heavy atom. The van der Waals surface area contributed by atoms with Crippen molar-refractivity contribution in [2.75, 3.05) is 7.11 Å². The molecule has 0 amide bonds. The zero-order chi connectivity index (χ0) is 10.9.